The zero-order valence-corrected chi connectivity index (χ0v) is 13.0. The van der Waals surface area contributed by atoms with Crippen molar-refractivity contribution in [1.29, 1.82) is 0 Å². The molecular formula is C16H20FN3O2. The van der Waals surface area contributed by atoms with Crippen LogP contribution in [0.4, 0.5) is 4.39 Å². The SMILES string of the molecule is Cc1nn(C)c(C)c1CC(=O)NCCOc1ccc(F)cc1. The number of rotatable bonds is 6. The van der Waals surface area contributed by atoms with Gasteiger partial charge in [-0.2, -0.15) is 5.10 Å². The van der Waals surface area contributed by atoms with Crippen molar-refractivity contribution >= 4 is 5.91 Å². The second kappa shape index (κ2) is 7.06. The summed E-state index contributed by atoms with van der Waals surface area (Å²) in [5.74, 6) is 0.208. The molecule has 1 amide bonds. The van der Waals surface area contributed by atoms with Crippen molar-refractivity contribution in [2.24, 2.45) is 7.05 Å². The minimum atomic E-state index is -0.303. The number of carbonyl (C=O) groups excluding carboxylic acids is 1. The number of halogens is 1. The molecule has 0 radical (unpaired) electrons. The van der Waals surface area contributed by atoms with E-state index in [4.69, 9.17) is 4.74 Å². The summed E-state index contributed by atoms with van der Waals surface area (Å²) in [5, 5.41) is 7.09. The summed E-state index contributed by atoms with van der Waals surface area (Å²) in [6.45, 7) is 4.57. The van der Waals surface area contributed by atoms with E-state index in [1.165, 1.54) is 12.1 Å². The smallest absolute Gasteiger partial charge is 0.224 e. The number of hydrogen-bond acceptors (Lipinski definition) is 3. The highest BCUT2D eigenvalue weighted by Crippen LogP contribution is 2.12. The number of aromatic nitrogens is 2. The molecular weight excluding hydrogens is 285 g/mol. The first-order valence-electron chi connectivity index (χ1n) is 7.11. The van der Waals surface area contributed by atoms with Crippen molar-refractivity contribution in [3.8, 4) is 5.75 Å². The Morgan fingerprint density at radius 2 is 2.00 bits per heavy atom. The molecule has 0 aliphatic carbocycles. The Hall–Kier alpha value is -2.37. The van der Waals surface area contributed by atoms with E-state index in [-0.39, 0.29) is 11.7 Å². The van der Waals surface area contributed by atoms with Crippen LogP contribution in [0.2, 0.25) is 0 Å². The van der Waals surface area contributed by atoms with Crippen LogP contribution >= 0.6 is 0 Å². The second-order valence-electron chi connectivity index (χ2n) is 5.10. The van der Waals surface area contributed by atoms with Crippen LogP contribution in [0.1, 0.15) is 17.0 Å². The molecule has 0 fully saturated rings. The molecule has 0 saturated carbocycles. The summed E-state index contributed by atoms with van der Waals surface area (Å²) in [4.78, 5) is 11.9. The van der Waals surface area contributed by atoms with Gasteiger partial charge in [-0.1, -0.05) is 0 Å². The molecule has 2 aromatic rings. The molecule has 5 nitrogen and oxygen atoms in total. The molecule has 0 aliphatic heterocycles. The molecule has 118 valence electrons. The molecule has 0 atom stereocenters. The highest BCUT2D eigenvalue weighted by molar-refractivity contribution is 5.79. The fourth-order valence-electron chi connectivity index (χ4n) is 2.19. The third-order valence-electron chi connectivity index (χ3n) is 3.50. The van der Waals surface area contributed by atoms with Gasteiger partial charge in [0.1, 0.15) is 18.2 Å². The first-order valence-corrected chi connectivity index (χ1v) is 7.11. The monoisotopic (exact) mass is 305 g/mol. The van der Waals surface area contributed by atoms with Crippen molar-refractivity contribution < 1.29 is 13.9 Å². The normalized spacial score (nSPS) is 10.5. The lowest BCUT2D eigenvalue weighted by atomic mass is 10.1. The van der Waals surface area contributed by atoms with Gasteiger partial charge >= 0.3 is 0 Å². The molecule has 0 unspecified atom stereocenters. The topological polar surface area (TPSA) is 56.2 Å². The Morgan fingerprint density at radius 1 is 1.32 bits per heavy atom. The summed E-state index contributed by atoms with van der Waals surface area (Å²) in [6.07, 6.45) is 0.308. The molecule has 6 heteroatoms. The van der Waals surface area contributed by atoms with Gasteiger partial charge in [-0.25, -0.2) is 4.39 Å². The highest BCUT2D eigenvalue weighted by Gasteiger charge is 2.13. The largest absolute Gasteiger partial charge is 0.492 e. The Kier molecular flexibility index (Phi) is 5.14. The lowest BCUT2D eigenvalue weighted by Gasteiger charge is -2.08. The number of aryl methyl sites for hydroxylation is 2. The Balaban J connectivity index is 1.75. The molecule has 1 N–H and O–H groups in total. The maximum Gasteiger partial charge on any atom is 0.224 e. The molecule has 2 rings (SSSR count). The van der Waals surface area contributed by atoms with Crippen LogP contribution in [0.5, 0.6) is 5.75 Å². The van der Waals surface area contributed by atoms with E-state index in [0.717, 1.165) is 17.0 Å². The van der Waals surface area contributed by atoms with Crippen molar-refractivity contribution in [3.05, 3.63) is 47.0 Å². The van der Waals surface area contributed by atoms with Gasteiger partial charge in [-0.15, -0.1) is 0 Å². The molecule has 1 aromatic heterocycles. The van der Waals surface area contributed by atoms with E-state index in [9.17, 15) is 9.18 Å². The van der Waals surface area contributed by atoms with Gasteiger partial charge in [0.05, 0.1) is 18.7 Å². The highest BCUT2D eigenvalue weighted by atomic mass is 19.1. The molecule has 0 saturated heterocycles. The number of nitrogens with zero attached hydrogens (tertiary/aromatic N) is 2. The van der Waals surface area contributed by atoms with Crippen LogP contribution in [0.25, 0.3) is 0 Å². The molecule has 1 heterocycles. The average molecular weight is 305 g/mol. The predicted molar refractivity (Wildman–Crippen MR) is 81.3 cm³/mol. The number of hydrogen-bond donors (Lipinski definition) is 1. The molecule has 22 heavy (non-hydrogen) atoms. The molecule has 0 aliphatic rings. The van der Waals surface area contributed by atoms with Crippen molar-refractivity contribution in [3.63, 3.8) is 0 Å². The number of ether oxygens (including phenoxy) is 1. The Labute approximate surface area is 129 Å². The molecule has 0 bridgehead atoms. The fourth-order valence-corrected chi connectivity index (χ4v) is 2.19. The Morgan fingerprint density at radius 3 is 2.59 bits per heavy atom. The van der Waals surface area contributed by atoms with Crippen LogP contribution in [-0.2, 0) is 18.3 Å². The van der Waals surface area contributed by atoms with Gasteiger partial charge < -0.3 is 10.1 Å². The minimum Gasteiger partial charge on any atom is -0.492 e. The number of nitrogens with one attached hydrogen (secondary N) is 1. The van der Waals surface area contributed by atoms with E-state index in [1.54, 1.807) is 16.8 Å². The standard InChI is InChI=1S/C16H20FN3O2/c1-11-15(12(2)20(3)19-11)10-16(21)18-8-9-22-14-6-4-13(17)5-7-14/h4-7H,8-10H2,1-3H3,(H,18,21). The third kappa shape index (κ3) is 4.07. The zero-order chi connectivity index (χ0) is 16.1. The van der Waals surface area contributed by atoms with E-state index < -0.39 is 0 Å². The average Bonchev–Trinajstić information content (AvgIpc) is 2.72. The number of benzene rings is 1. The first-order chi connectivity index (χ1) is 10.5. The fraction of sp³-hybridized carbons (Fsp3) is 0.375. The molecule has 1 aromatic carbocycles. The summed E-state index contributed by atoms with van der Waals surface area (Å²) in [6, 6.07) is 5.78. The summed E-state index contributed by atoms with van der Waals surface area (Å²) >= 11 is 0. The van der Waals surface area contributed by atoms with Gasteiger partial charge in [-0.3, -0.25) is 9.48 Å². The zero-order valence-electron chi connectivity index (χ0n) is 13.0. The summed E-state index contributed by atoms with van der Waals surface area (Å²) in [7, 11) is 1.86. The summed E-state index contributed by atoms with van der Waals surface area (Å²) < 4.78 is 19.9. The lowest BCUT2D eigenvalue weighted by Crippen LogP contribution is -2.29. The van der Waals surface area contributed by atoms with Gasteiger partial charge in [0.2, 0.25) is 5.91 Å². The van der Waals surface area contributed by atoms with Crippen LogP contribution in [0, 0.1) is 19.7 Å². The van der Waals surface area contributed by atoms with Gasteiger partial charge in [-0.05, 0) is 38.1 Å². The maximum absolute atomic E-state index is 12.7. The van der Waals surface area contributed by atoms with Crippen LogP contribution in [0.3, 0.4) is 0 Å². The van der Waals surface area contributed by atoms with Crippen molar-refractivity contribution in [2.75, 3.05) is 13.2 Å². The van der Waals surface area contributed by atoms with Crippen molar-refractivity contribution in [2.45, 2.75) is 20.3 Å². The minimum absolute atomic E-state index is 0.0677. The van der Waals surface area contributed by atoms with Crippen LogP contribution in [-0.4, -0.2) is 28.8 Å². The second-order valence-corrected chi connectivity index (χ2v) is 5.10. The van der Waals surface area contributed by atoms with E-state index >= 15 is 0 Å². The van der Waals surface area contributed by atoms with Crippen molar-refractivity contribution in [1.82, 2.24) is 15.1 Å². The van der Waals surface area contributed by atoms with Gasteiger partial charge in [0.15, 0.2) is 0 Å². The predicted octanol–water partition coefficient (Wildman–Crippen LogP) is 1.91. The van der Waals surface area contributed by atoms with E-state index in [2.05, 4.69) is 10.4 Å². The third-order valence-corrected chi connectivity index (χ3v) is 3.50. The van der Waals surface area contributed by atoms with E-state index in [0.29, 0.717) is 25.3 Å². The maximum atomic E-state index is 12.7. The molecule has 0 spiro atoms. The van der Waals surface area contributed by atoms with Gasteiger partial charge in [0.25, 0.3) is 0 Å². The van der Waals surface area contributed by atoms with Crippen LogP contribution in [0.15, 0.2) is 24.3 Å². The first kappa shape index (κ1) is 16.0. The van der Waals surface area contributed by atoms with Gasteiger partial charge in [0, 0.05) is 18.3 Å². The number of carbonyl (C=O) groups is 1. The quantitative estimate of drug-likeness (QED) is 0.830. The number of amides is 1. The lowest BCUT2D eigenvalue weighted by molar-refractivity contribution is -0.120. The van der Waals surface area contributed by atoms with Crippen LogP contribution < -0.4 is 10.1 Å². The van der Waals surface area contributed by atoms with E-state index in [1.807, 2.05) is 20.9 Å². The Bertz CT molecular complexity index is 650. The summed E-state index contributed by atoms with van der Waals surface area (Å²) in [5.41, 5.74) is 2.83.